The van der Waals surface area contributed by atoms with Crippen LogP contribution >= 0.6 is 11.8 Å². The van der Waals surface area contributed by atoms with Gasteiger partial charge < -0.3 is 0 Å². The monoisotopic (exact) mass is 287 g/mol. The molecule has 1 heterocycles. The summed E-state index contributed by atoms with van der Waals surface area (Å²) in [7, 11) is 0. The summed E-state index contributed by atoms with van der Waals surface area (Å²) >= 11 is 1.61. The van der Waals surface area contributed by atoms with Gasteiger partial charge in [0, 0.05) is 4.90 Å². The highest BCUT2D eigenvalue weighted by atomic mass is 32.2. The number of allylic oxidation sites excluding steroid dienone is 2. The summed E-state index contributed by atoms with van der Waals surface area (Å²) in [6.45, 7) is 2.03. The van der Waals surface area contributed by atoms with Gasteiger partial charge in [-0.15, -0.1) is 11.8 Å². The van der Waals surface area contributed by atoms with Gasteiger partial charge in [0.25, 0.3) is 0 Å². The van der Waals surface area contributed by atoms with Crippen molar-refractivity contribution in [2.75, 3.05) is 11.2 Å². The molecule has 1 aromatic carbocycles. The maximum atomic E-state index is 12.6. The number of nitrogens with zero attached hydrogens (tertiary/aromatic N) is 1. The van der Waals surface area contributed by atoms with Crippen molar-refractivity contribution in [2.45, 2.75) is 24.7 Å². The van der Waals surface area contributed by atoms with E-state index in [-0.39, 0.29) is 23.7 Å². The number of thioether (sulfide) groups is 1. The lowest BCUT2D eigenvalue weighted by Crippen LogP contribution is -2.30. The lowest BCUT2D eigenvalue weighted by molar-refractivity contribution is -0.122. The van der Waals surface area contributed by atoms with Crippen LogP contribution in [0.1, 0.15) is 19.8 Å². The number of anilines is 1. The fraction of sp³-hybridized carbons (Fsp3) is 0.375. The van der Waals surface area contributed by atoms with Crippen molar-refractivity contribution in [3.05, 3.63) is 35.9 Å². The molecule has 1 aliphatic heterocycles. The molecule has 0 bridgehead atoms. The number of amides is 2. The van der Waals surface area contributed by atoms with Crippen LogP contribution in [0.3, 0.4) is 0 Å². The molecule has 1 fully saturated rings. The number of hydrogen-bond acceptors (Lipinski definition) is 3. The van der Waals surface area contributed by atoms with E-state index in [1.807, 2.05) is 37.4 Å². The minimum Gasteiger partial charge on any atom is -0.274 e. The minimum atomic E-state index is -0.163. The minimum absolute atomic E-state index is 0.0364. The highest BCUT2D eigenvalue weighted by molar-refractivity contribution is 7.98. The average Bonchev–Trinajstić information content (AvgIpc) is 2.70. The van der Waals surface area contributed by atoms with Crippen molar-refractivity contribution in [2.24, 2.45) is 11.8 Å². The summed E-state index contributed by atoms with van der Waals surface area (Å²) in [4.78, 5) is 27.5. The Kier molecular flexibility index (Phi) is 3.42. The van der Waals surface area contributed by atoms with Gasteiger partial charge in [-0.25, -0.2) is 4.90 Å². The molecule has 4 heteroatoms. The van der Waals surface area contributed by atoms with Crippen molar-refractivity contribution in [1.29, 1.82) is 0 Å². The SMILES string of the molecule is CSc1cccc(N2C(=O)[C@H]3CC(C)=CC[C@H]3C2=O)c1. The van der Waals surface area contributed by atoms with Crippen molar-refractivity contribution < 1.29 is 9.59 Å². The smallest absolute Gasteiger partial charge is 0.238 e. The van der Waals surface area contributed by atoms with Gasteiger partial charge in [0.05, 0.1) is 17.5 Å². The van der Waals surface area contributed by atoms with E-state index in [4.69, 9.17) is 0 Å². The van der Waals surface area contributed by atoms with Crippen LogP contribution in [0, 0.1) is 11.8 Å². The Morgan fingerprint density at radius 2 is 1.95 bits per heavy atom. The molecule has 2 aliphatic rings. The first-order chi connectivity index (χ1) is 9.61. The third-order valence-electron chi connectivity index (χ3n) is 4.13. The Hall–Kier alpha value is -1.55. The zero-order valence-electron chi connectivity index (χ0n) is 11.6. The maximum Gasteiger partial charge on any atom is 0.238 e. The molecule has 1 aliphatic carbocycles. The van der Waals surface area contributed by atoms with E-state index in [0.717, 1.165) is 4.90 Å². The number of hydrogen-bond donors (Lipinski definition) is 0. The highest BCUT2D eigenvalue weighted by Crippen LogP contribution is 2.40. The van der Waals surface area contributed by atoms with Crippen LogP contribution in [-0.4, -0.2) is 18.1 Å². The molecule has 0 saturated carbocycles. The van der Waals surface area contributed by atoms with Crippen LogP contribution in [-0.2, 0) is 9.59 Å². The van der Waals surface area contributed by atoms with E-state index >= 15 is 0 Å². The van der Waals surface area contributed by atoms with Crippen LogP contribution in [0.5, 0.6) is 0 Å². The molecule has 1 saturated heterocycles. The Labute approximate surface area is 123 Å². The normalized spacial score (nSPS) is 25.7. The van der Waals surface area contributed by atoms with Crippen LogP contribution in [0.15, 0.2) is 40.8 Å². The molecule has 0 N–H and O–H groups in total. The molecular weight excluding hydrogens is 270 g/mol. The highest BCUT2D eigenvalue weighted by Gasteiger charge is 2.48. The molecule has 2 atom stereocenters. The molecule has 0 radical (unpaired) electrons. The van der Waals surface area contributed by atoms with Crippen LogP contribution in [0.25, 0.3) is 0 Å². The predicted molar refractivity (Wildman–Crippen MR) is 80.7 cm³/mol. The topological polar surface area (TPSA) is 37.4 Å². The lowest BCUT2D eigenvalue weighted by atomic mass is 9.82. The first kappa shape index (κ1) is 13.4. The van der Waals surface area contributed by atoms with Crippen molar-refractivity contribution >= 4 is 29.3 Å². The summed E-state index contributed by atoms with van der Waals surface area (Å²) in [5.41, 5.74) is 1.92. The van der Waals surface area contributed by atoms with Gasteiger partial charge in [0.15, 0.2) is 0 Å². The summed E-state index contributed by atoms with van der Waals surface area (Å²) < 4.78 is 0. The van der Waals surface area contributed by atoms with Gasteiger partial charge in [-0.2, -0.15) is 0 Å². The van der Waals surface area contributed by atoms with Crippen LogP contribution in [0.2, 0.25) is 0 Å². The Bertz CT molecular complexity index is 608. The second-order valence-corrected chi connectivity index (χ2v) is 6.30. The molecule has 3 rings (SSSR count). The average molecular weight is 287 g/mol. The number of benzene rings is 1. The number of carbonyl (C=O) groups excluding carboxylic acids is 2. The fourth-order valence-electron chi connectivity index (χ4n) is 3.04. The summed E-state index contributed by atoms with van der Waals surface area (Å²) in [5.74, 6) is -0.401. The van der Waals surface area contributed by atoms with Gasteiger partial charge in [0.2, 0.25) is 11.8 Å². The number of fused-ring (bicyclic) bond motifs is 1. The van der Waals surface area contributed by atoms with Crippen molar-refractivity contribution in [3.63, 3.8) is 0 Å². The maximum absolute atomic E-state index is 12.6. The molecule has 0 aromatic heterocycles. The first-order valence-corrected chi connectivity index (χ1v) is 8.02. The predicted octanol–water partition coefficient (Wildman–Crippen LogP) is 3.25. The number of rotatable bonds is 2. The Balaban J connectivity index is 1.95. The first-order valence-electron chi connectivity index (χ1n) is 6.79. The molecular formula is C16H17NO2S. The van der Waals surface area contributed by atoms with E-state index < -0.39 is 0 Å². The molecule has 1 aromatic rings. The van der Waals surface area contributed by atoms with Gasteiger partial charge in [-0.1, -0.05) is 17.7 Å². The zero-order chi connectivity index (χ0) is 14.3. The molecule has 3 nitrogen and oxygen atoms in total. The summed E-state index contributed by atoms with van der Waals surface area (Å²) in [6.07, 6.45) is 5.49. The van der Waals surface area contributed by atoms with E-state index in [9.17, 15) is 9.59 Å². The van der Waals surface area contributed by atoms with Gasteiger partial charge >= 0.3 is 0 Å². The van der Waals surface area contributed by atoms with E-state index in [1.54, 1.807) is 11.8 Å². The van der Waals surface area contributed by atoms with Gasteiger partial charge in [-0.05, 0) is 44.2 Å². The van der Waals surface area contributed by atoms with Crippen LogP contribution < -0.4 is 4.90 Å². The second-order valence-electron chi connectivity index (χ2n) is 5.42. The van der Waals surface area contributed by atoms with Crippen molar-refractivity contribution in [3.8, 4) is 0 Å². The van der Waals surface area contributed by atoms with E-state index in [2.05, 4.69) is 6.08 Å². The Morgan fingerprint density at radius 1 is 1.20 bits per heavy atom. The van der Waals surface area contributed by atoms with Crippen LogP contribution in [0.4, 0.5) is 5.69 Å². The molecule has 104 valence electrons. The van der Waals surface area contributed by atoms with Gasteiger partial charge in [0.1, 0.15) is 0 Å². The third kappa shape index (κ3) is 2.08. The second kappa shape index (κ2) is 5.09. The molecule has 0 spiro atoms. The van der Waals surface area contributed by atoms with E-state index in [1.165, 1.54) is 10.5 Å². The Morgan fingerprint density at radius 3 is 2.70 bits per heavy atom. The van der Waals surface area contributed by atoms with Gasteiger partial charge in [-0.3, -0.25) is 9.59 Å². The third-order valence-corrected chi connectivity index (χ3v) is 4.86. The number of imide groups is 1. The molecule has 2 amide bonds. The van der Waals surface area contributed by atoms with Crippen molar-refractivity contribution in [1.82, 2.24) is 0 Å². The molecule has 0 unspecified atom stereocenters. The quantitative estimate of drug-likeness (QED) is 0.476. The number of carbonyl (C=O) groups is 2. The summed E-state index contributed by atoms with van der Waals surface area (Å²) in [5, 5.41) is 0. The van der Waals surface area contributed by atoms with E-state index in [0.29, 0.717) is 18.5 Å². The lowest BCUT2D eigenvalue weighted by Gasteiger charge is -2.18. The zero-order valence-corrected chi connectivity index (χ0v) is 12.4. The largest absolute Gasteiger partial charge is 0.274 e. The fourth-order valence-corrected chi connectivity index (χ4v) is 3.49. The summed E-state index contributed by atoms with van der Waals surface area (Å²) in [6, 6.07) is 7.64. The standard InChI is InChI=1S/C16H17NO2S/c1-10-6-7-13-14(8-10)16(19)17(15(13)18)11-4-3-5-12(9-11)20-2/h3-6,9,13-14H,7-8H2,1-2H3/t13-,14+/m1/s1. The molecule has 20 heavy (non-hydrogen) atoms.